The second-order valence-electron chi connectivity index (χ2n) is 22.7. The predicted molar refractivity (Wildman–Crippen MR) is 339 cm³/mol. The van der Waals surface area contributed by atoms with Crippen molar-refractivity contribution in [3.8, 4) is 0 Å². The number of carbonyl (C=O) groups is 1. The van der Waals surface area contributed by atoms with Gasteiger partial charge in [-0.25, -0.2) is 0 Å². The average molecular weight is 1110 g/mol. The summed E-state index contributed by atoms with van der Waals surface area (Å²) in [4.78, 5) is 25.6. The molecule has 0 fully saturated rings. The molecule has 0 spiro atoms. The highest BCUT2D eigenvalue weighted by molar-refractivity contribution is 7.45. The van der Waals surface area contributed by atoms with E-state index in [1.54, 1.807) is 6.08 Å². The highest BCUT2D eigenvalue weighted by Gasteiger charge is 2.23. The average Bonchev–Trinajstić information content (AvgIpc) is 3.41. The fourth-order valence-corrected chi connectivity index (χ4v) is 9.68. The van der Waals surface area contributed by atoms with Gasteiger partial charge in [0.25, 0.3) is 7.82 Å². The van der Waals surface area contributed by atoms with Crippen LogP contribution in [0.4, 0.5) is 0 Å². The Kier molecular flexibility index (Phi) is 56.7. The molecular weight excluding hydrogens is 984 g/mol. The van der Waals surface area contributed by atoms with E-state index >= 15 is 0 Å². The molecular formula is C69H123N2O6P. The number of nitrogens with one attached hydrogen (secondary N) is 1. The lowest BCUT2D eigenvalue weighted by Gasteiger charge is -2.29. The fraction of sp³-hybridized carbons (Fsp3) is 0.725. The molecule has 2 N–H and O–H groups in total. The first-order valence-corrected chi connectivity index (χ1v) is 33.7. The van der Waals surface area contributed by atoms with Crippen molar-refractivity contribution in [1.29, 1.82) is 0 Å². The van der Waals surface area contributed by atoms with Crippen LogP contribution in [0.2, 0.25) is 0 Å². The van der Waals surface area contributed by atoms with Crippen LogP contribution in [0.5, 0.6) is 0 Å². The summed E-state index contributed by atoms with van der Waals surface area (Å²) in [6, 6.07) is -0.928. The summed E-state index contributed by atoms with van der Waals surface area (Å²) >= 11 is 0. The monoisotopic (exact) mass is 1110 g/mol. The number of carbonyl (C=O) groups excluding carboxylic acids is 1. The van der Waals surface area contributed by atoms with E-state index in [4.69, 9.17) is 9.05 Å². The Bertz CT molecular complexity index is 1640. The maximum absolute atomic E-state index is 13.0. The van der Waals surface area contributed by atoms with Gasteiger partial charge in [-0.05, 0) is 96.3 Å². The Labute approximate surface area is 482 Å². The number of rotatable bonds is 58. The number of phosphoric acid groups is 1. The number of hydrogen-bond acceptors (Lipinski definition) is 6. The van der Waals surface area contributed by atoms with Gasteiger partial charge in [0.2, 0.25) is 5.91 Å². The molecule has 78 heavy (non-hydrogen) atoms. The molecule has 0 rings (SSSR count). The number of quaternary nitrogens is 1. The van der Waals surface area contributed by atoms with Crippen LogP contribution in [0.1, 0.15) is 271 Å². The Morgan fingerprint density at radius 3 is 1.19 bits per heavy atom. The number of amides is 1. The predicted octanol–water partition coefficient (Wildman–Crippen LogP) is 19.7. The minimum atomic E-state index is -4.63. The molecule has 8 nitrogen and oxygen atoms in total. The number of nitrogens with zero attached hydrogens (tertiary/aromatic N) is 1. The molecule has 0 radical (unpaired) electrons. The summed E-state index contributed by atoms with van der Waals surface area (Å²) in [6.07, 6.45) is 86.3. The molecule has 0 aliphatic carbocycles. The van der Waals surface area contributed by atoms with Gasteiger partial charge in [0, 0.05) is 6.42 Å². The third-order valence-electron chi connectivity index (χ3n) is 13.9. The third kappa shape index (κ3) is 60.8. The Morgan fingerprint density at radius 2 is 0.795 bits per heavy atom. The van der Waals surface area contributed by atoms with Crippen molar-refractivity contribution in [3.63, 3.8) is 0 Å². The number of unbranched alkanes of at least 4 members (excludes halogenated alkanes) is 29. The Morgan fingerprint density at radius 1 is 0.462 bits per heavy atom. The van der Waals surface area contributed by atoms with Gasteiger partial charge in [-0.1, -0.05) is 277 Å². The summed E-state index contributed by atoms with van der Waals surface area (Å²) in [5, 5.41) is 13.9. The van der Waals surface area contributed by atoms with Gasteiger partial charge in [-0.2, -0.15) is 0 Å². The van der Waals surface area contributed by atoms with E-state index in [0.29, 0.717) is 17.4 Å². The minimum absolute atomic E-state index is 0.0181. The van der Waals surface area contributed by atoms with Crippen molar-refractivity contribution in [2.45, 2.75) is 283 Å². The number of allylic oxidation sites excluding steroid dienone is 17. The Balaban J connectivity index is 4.25. The smallest absolute Gasteiger partial charge is 0.268 e. The van der Waals surface area contributed by atoms with Gasteiger partial charge in [0.15, 0.2) is 0 Å². The van der Waals surface area contributed by atoms with E-state index in [9.17, 15) is 19.4 Å². The van der Waals surface area contributed by atoms with Crippen LogP contribution in [-0.4, -0.2) is 68.5 Å². The van der Waals surface area contributed by atoms with E-state index in [1.165, 1.54) is 141 Å². The van der Waals surface area contributed by atoms with Gasteiger partial charge in [-0.15, -0.1) is 0 Å². The standard InChI is InChI=1S/C69H123N2O6P/c1-6-8-10-12-14-16-18-20-22-24-26-28-30-32-33-34-35-36-37-39-40-42-44-46-48-50-52-54-56-58-60-62-68(72)67(66-77-78(74,75)76-65-64-71(3,4)5)70-69(73)63-61-59-57-55-53-51-49-47-45-43-41-38-31-29-27-25-23-21-19-17-15-13-11-9-7-2/h9,11,15,17,21,23,27,29,38,41,44-47,52,54,60,62,67-68,72H,6-8,10,12-14,16,18-20,22,24-26,28,30-37,39-40,42-43,48-51,53,55-59,61,63-66H2,1-5H3,(H-,70,73,74,75)/b11-9-,17-15-,23-21-,29-27-,41-38-,46-44+,47-45-,54-52+,62-60+. The summed E-state index contributed by atoms with van der Waals surface area (Å²) < 4.78 is 23.4. The maximum atomic E-state index is 13.0. The minimum Gasteiger partial charge on any atom is -0.756 e. The van der Waals surface area contributed by atoms with Crippen molar-refractivity contribution < 1.29 is 32.9 Å². The van der Waals surface area contributed by atoms with Crippen LogP contribution < -0.4 is 10.2 Å². The van der Waals surface area contributed by atoms with Crippen molar-refractivity contribution in [3.05, 3.63) is 109 Å². The quantitative estimate of drug-likeness (QED) is 0.0272. The second-order valence-corrected chi connectivity index (χ2v) is 24.1. The van der Waals surface area contributed by atoms with Gasteiger partial charge >= 0.3 is 0 Å². The van der Waals surface area contributed by atoms with Gasteiger partial charge in [0.1, 0.15) is 13.2 Å². The van der Waals surface area contributed by atoms with Gasteiger partial charge in [0.05, 0.1) is 39.9 Å². The molecule has 0 aromatic heterocycles. The summed E-state index contributed by atoms with van der Waals surface area (Å²) in [5.41, 5.74) is 0. The summed E-state index contributed by atoms with van der Waals surface area (Å²) in [6.45, 7) is 4.50. The van der Waals surface area contributed by atoms with E-state index in [1.807, 2.05) is 27.2 Å². The summed E-state index contributed by atoms with van der Waals surface area (Å²) in [7, 11) is 1.21. The van der Waals surface area contributed by atoms with Crippen molar-refractivity contribution in [1.82, 2.24) is 5.32 Å². The van der Waals surface area contributed by atoms with Gasteiger partial charge < -0.3 is 28.8 Å². The number of aliphatic hydroxyl groups is 1. The number of hydrogen-bond donors (Lipinski definition) is 2. The lowest BCUT2D eigenvalue weighted by Crippen LogP contribution is -2.45. The highest BCUT2D eigenvalue weighted by Crippen LogP contribution is 2.38. The molecule has 0 aromatic rings. The topological polar surface area (TPSA) is 108 Å². The third-order valence-corrected chi connectivity index (χ3v) is 14.9. The molecule has 0 aromatic carbocycles. The molecule has 1 amide bonds. The van der Waals surface area contributed by atoms with Crippen molar-refractivity contribution in [2.24, 2.45) is 0 Å². The zero-order valence-corrected chi connectivity index (χ0v) is 52.2. The van der Waals surface area contributed by atoms with Crippen molar-refractivity contribution >= 4 is 13.7 Å². The van der Waals surface area contributed by atoms with Crippen molar-refractivity contribution in [2.75, 3.05) is 40.9 Å². The van der Waals surface area contributed by atoms with Crippen LogP contribution in [0.15, 0.2) is 109 Å². The normalized spacial score (nSPS) is 14.5. The lowest BCUT2D eigenvalue weighted by molar-refractivity contribution is -0.870. The first kappa shape index (κ1) is 75.2. The fourth-order valence-electron chi connectivity index (χ4n) is 8.95. The van der Waals surface area contributed by atoms with Crippen LogP contribution in [0.3, 0.4) is 0 Å². The van der Waals surface area contributed by atoms with Crippen LogP contribution in [-0.2, 0) is 18.4 Å². The number of likely N-dealkylation sites (N-methyl/N-ethyl adjacent to an activating group) is 1. The summed E-state index contributed by atoms with van der Waals surface area (Å²) in [5.74, 6) is -0.228. The van der Waals surface area contributed by atoms with Crippen LogP contribution in [0.25, 0.3) is 0 Å². The number of phosphoric ester groups is 1. The maximum Gasteiger partial charge on any atom is 0.268 e. The molecule has 0 heterocycles. The molecule has 0 saturated heterocycles. The molecule has 450 valence electrons. The molecule has 3 unspecified atom stereocenters. The molecule has 0 saturated carbocycles. The molecule has 3 atom stereocenters. The zero-order chi connectivity index (χ0) is 57.0. The largest absolute Gasteiger partial charge is 0.756 e. The molecule has 0 bridgehead atoms. The SMILES string of the molecule is CC/C=C\C/C=C\C/C=C\C/C=C\C/C=C\C/C=C\CCCCCCCCC(=O)NC(COP(=O)([O-])OCC[N+](C)(C)C)C(O)/C=C/CC/C=C/CC/C=C/CCCCCCCCCCCCCCCCCCCCCCC. The molecule has 0 aliphatic heterocycles. The Hall–Kier alpha value is -2.84. The van der Waals surface area contributed by atoms with E-state index in [0.717, 1.165) is 109 Å². The first-order chi connectivity index (χ1) is 38.0. The van der Waals surface area contributed by atoms with Gasteiger partial charge in [-0.3, -0.25) is 9.36 Å². The van der Waals surface area contributed by atoms with E-state index in [-0.39, 0.29) is 12.5 Å². The molecule has 9 heteroatoms. The van der Waals surface area contributed by atoms with E-state index < -0.39 is 26.6 Å². The van der Waals surface area contributed by atoms with Crippen LogP contribution >= 0.6 is 7.82 Å². The lowest BCUT2D eigenvalue weighted by atomic mass is 10.0. The van der Waals surface area contributed by atoms with E-state index in [2.05, 4.69) is 116 Å². The number of aliphatic hydroxyl groups excluding tert-OH is 1. The molecule has 0 aliphatic rings. The zero-order valence-electron chi connectivity index (χ0n) is 51.3. The first-order valence-electron chi connectivity index (χ1n) is 32.2. The highest BCUT2D eigenvalue weighted by atomic mass is 31.2. The second kappa shape index (κ2) is 58.8. The van der Waals surface area contributed by atoms with Crippen LogP contribution in [0, 0.1) is 0 Å².